The highest BCUT2D eigenvalue weighted by molar-refractivity contribution is 6.34. The smallest absolute Gasteiger partial charge is 0.435 e. The average molecular weight is 422 g/mol. The zero-order valence-corrected chi connectivity index (χ0v) is 16.2. The SMILES string of the molecule is O=C1/C(=C\c2cccc(OCc3ccccc3)c2)C(C(F)(F)F)=NN1c1ccccc1. The summed E-state index contributed by atoms with van der Waals surface area (Å²) in [6.07, 6.45) is -3.58. The van der Waals surface area contributed by atoms with Crippen LogP contribution < -0.4 is 9.75 Å². The van der Waals surface area contributed by atoms with Crippen LogP contribution in [0.4, 0.5) is 18.9 Å². The van der Waals surface area contributed by atoms with Crippen molar-refractivity contribution in [3.05, 3.63) is 102 Å². The minimum absolute atomic E-state index is 0.262. The summed E-state index contributed by atoms with van der Waals surface area (Å²) >= 11 is 0. The zero-order valence-electron chi connectivity index (χ0n) is 16.2. The Morgan fingerprint density at radius 1 is 0.903 bits per heavy atom. The van der Waals surface area contributed by atoms with Crippen molar-refractivity contribution < 1.29 is 22.7 Å². The molecule has 31 heavy (non-hydrogen) atoms. The van der Waals surface area contributed by atoms with Crippen LogP contribution in [0.3, 0.4) is 0 Å². The molecule has 0 bridgehead atoms. The molecule has 0 saturated carbocycles. The molecule has 1 aliphatic rings. The number of carbonyl (C=O) groups excluding carboxylic acids is 1. The number of alkyl halides is 3. The van der Waals surface area contributed by atoms with Crippen molar-refractivity contribution >= 4 is 23.4 Å². The van der Waals surface area contributed by atoms with Gasteiger partial charge in [0.15, 0.2) is 5.71 Å². The third-order valence-electron chi connectivity index (χ3n) is 4.56. The van der Waals surface area contributed by atoms with Crippen molar-refractivity contribution in [2.24, 2.45) is 5.10 Å². The second kappa shape index (κ2) is 8.47. The summed E-state index contributed by atoms with van der Waals surface area (Å²) < 4.78 is 46.5. The van der Waals surface area contributed by atoms with E-state index in [1.165, 1.54) is 18.2 Å². The van der Waals surface area contributed by atoms with Gasteiger partial charge in [-0.05, 0) is 41.5 Å². The van der Waals surface area contributed by atoms with E-state index in [0.717, 1.165) is 10.6 Å². The van der Waals surface area contributed by atoms with Gasteiger partial charge in [0.1, 0.15) is 12.4 Å². The summed E-state index contributed by atoms with van der Waals surface area (Å²) in [6, 6.07) is 24.1. The summed E-state index contributed by atoms with van der Waals surface area (Å²) in [6.45, 7) is 0.316. The minimum Gasteiger partial charge on any atom is -0.489 e. The Balaban J connectivity index is 1.62. The number of nitrogens with zero attached hydrogens (tertiary/aromatic N) is 2. The lowest BCUT2D eigenvalue weighted by atomic mass is 10.1. The van der Waals surface area contributed by atoms with Crippen LogP contribution >= 0.6 is 0 Å². The lowest BCUT2D eigenvalue weighted by molar-refractivity contribution is -0.114. The maximum atomic E-state index is 13.6. The summed E-state index contributed by atoms with van der Waals surface area (Å²) in [4.78, 5) is 12.8. The normalized spacial score (nSPS) is 15.3. The first kappa shape index (κ1) is 20.4. The molecule has 4 nitrogen and oxygen atoms in total. The fourth-order valence-corrected chi connectivity index (χ4v) is 3.10. The number of carbonyl (C=O) groups is 1. The van der Waals surface area contributed by atoms with E-state index in [1.54, 1.807) is 42.5 Å². The predicted octanol–water partition coefficient (Wildman–Crippen LogP) is 5.61. The highest BCUT2D eigenvalue weighted by Gasteiger charge is 2.46. The number of amides is 1. The van der Waals surface area contributed by atoms with Gasteiger partial charge in [0, 0.05) is 0 Å². The molecule has 0 N–H and O–H groups in total. The van der Waals surface area contributed by atoms with Gasteiger partial charge >= 0.3 is 6.18 Å². The van der Waals surface area contributed by atoms with Crippen molar-refractivity contribution in [3.63, 3.8) is 0 Å². The van der Waals surface area contributed by atoms with E-state index >= 15 is 0 Å². The quantitative estimate of drug-likeness (QED) is 0.501. The van der Waals surface area contributed by atoms with E-state index < -0.39 is 23.4 Å². The fraction of sp³-hybridized carbons (Fsp3) is 0.0833. The molecule has 156 valence electrons. The number of para-hydroxylation sites is 1. The molecular weight excluding hydrogens is 405 g/mol. The van der Waals surface area contributed by atoms with Crippen LogP contribution in [0.5, 0.6) is 5.75 Å². The van der Waals surface area contributed by atoms with Crippen LogP contribution in [0.1, 0.15) is 11.1 Å². The Morgan fingerprint density at radius 3 is 2.26 bits per heavy atom. The molecule has 1 heterocycles. The second-order valence-electron chi connectivity index (χ2n) is 6.80. The Kier molecular flexibility index (Phi) is 5.58. The Hall–Kier alpha value is -3.87. The first-order valence-corrected chi connectivity index (χ1v) is 9.46. The number of hydrogen-bond donors (Lipinski definition) is 0. The lowest BCUT2D eigenvalue weighted by Crippen LogP contribution is -2.25. The van der Waals surface area contributed by atoms with E-state index in [4.69, 9.17) is 4.74 Å². The van der Waals surface area contributed by atoms with E-state index in [0.29, 0.717) is 17.9 Å². The molecule has 0 atom stereocenters. The van der Waals surface area contributed by atoms with Gasteiger partial charge in [0.2, 0.25) is 0 Å². The van der Waals surface area contributed by atoms with Gasteiger partial charge in [-0.3, -0.25) is 4.79 Å². The second-order valence-corrected chi connectivity index (χ2v) is 6.80. The number of rotatable bonds is 5. The topological polar surface area (TPSA) is 41.9 Å². The first-order chi connectivity index (χ1) is 14.9. The van der Waals surface area contributed by atoms with Gasteiger partial charge in [-0.15, -0.1) is 0 Å². The van der Waals surface area contributed by atoms with E-state index in [2.05, 4.69) is 5.10 Å². The average Bonchev–Trinajstić information content (AvgIpc) is 3.10. The molecule has 0 fully saturated rings. The zero-order chi connectivity index (χ0) is 21.8. The fourth-order valence-electron chi connectivity index (χ4n) is 3.10. The third kappa shape index (κ3) is 4.66. The van der Waals surface area contributed by atoms with Crippen LogP contribution in [-0.4, -0.2) is 17.8 Å². The van der Waals surface area contributed by atoms with E-state index in [-0.39, 0.29) is 5.69 Å². The third-order valence-corrected chi connectivity index (χ3v) is 4.56. The molecule has 0 unspecified atom stereocenters. The summed E-state index contributed by atoms with van der Waals surface area (Å²) in [5, 5.41) is 4.33. The van der Waals surface area contributed by atoms with Crippen LogP contribution in [0, 0.1) is 0 Å². The summed E-state index contributed by atoms with van der Waals surface area (Å²) in [5.74, 6) is -0.358. The summed E-state index contributed by atoms with van der Waals surface area (Å²) in [7, 11) is 0. The van der Waals surface area contributed by atoms with Gasteiger partial charge < -0.3 is 4.74 Å². The molecule has 0 spiro atoms. The molecule has 0 aromatic heterocycles. The Morgan fingerprint density at radius 2 is 1.58 bits per heavy atom. The monoisotopic (exact) mass is 422 g/mol. The number of anilines is 1. The molecule has 0 radical (unpaired) electrons. The molecule has 3 aromatic rings. The Labute approximate surface area is 176 Å². The number of halogens is 3. The molecule has 1 aliphatic heterocycles. The van der Waals surface area contributed by atoms with Crippen LogP contribution in [0.15, 0.2) is 95.6 Å². The maximum absolute atomic E-state index is 13.6. The van der Waals surface area contributed by atoms with Crippen molar-refractivity contribution in [2.45, 2.75) is 12.8 Å². The Bertz CT molecular complexity index is 1140. The highest BCUT2D eigenvalue weighted by Crippen LogP contribution is 2.32. The molecule has 0 aliphatic carbocycles. The van der Waals surface area contributed by atoms with Crippen molar-refractivity contribution in [1.29, 1.82) is 0 Å². The first-order valence-electron chi connectivity index (χ1n) is 9.46. The molecule has 0 saturated heterocycles. The summed E-state index contributed by atoms with van der Waals surface area (Å²) in [5.41, 5.74) is -0.117. The van der Waals surface area contributed by atoms with E-state index in [1.807, 2.05) is 30.3 Å². The van der Waals surface area contributed by atoms with Crippen LogP contribution in [-0.2, 0) is 11.4 Å². The number of hydrogen-bond acceptors (Lipinski definition) is 3. The molecule has 3 aromatic carbocycles. The molecule has 7 heteroatoms. The standard InChI is InChI=1S/C24H17F3N2O2/c25-24(26,27)22-21(23(30)29(28-22)19-11-5-2-6-12-19)15-18-10-7-13-20(14-18)31-16-17-8-3-1-4-9-17/h1-15H,16H2/b21-15-. The molecule has 1 amide bonds. The maximum Gasteiger partial charge on any atom is 0.435 e. The highest BCUT2D eigenvalue weighted by atomic mass is 19.4. The van der Waals surface area contributed by atoms with Gasteiger partial charge in [-0.1, -0.05) is 60.7 Å². The van der Waals surface area contributed by atoms with Crippen molar-refractivity contribution in [2.75, 3.05) is 5.01 Å². The number of ether oxygens (including phenoxy) is 1. The molecule has 4 rings (SSSR count). The minimum atomic E-state index is -4.77. The van der Waals surface area contributed by atoms with Crippen LogP contribution in [0.2, 0.25) is 0 Å². The predicted molar refractivity (Wildman–Crippen MR) is 113 cm³/mol. The molecular formula is C24H17F3N2O2. The van der Waals surface area contributed by atoms with Crippen molar-refractivity contribution in [1.82, 2.24) is 0 Å². The van der Waals surface area contributed by atoms with E-state index in [9.17, 15) is 18.0 Å². The van der Waals surface area contributed by atoms with Crippen molar-refractivity contribution in [3.8, 4) is 5.75 Å². The van der Waals surface area contributed by atoms with Crippen LogP contribution in [0.25, 0.3) is 6.08 Å². The van der Waals surface area contributed by atoms with Gasteiger partial charge in [-0.2, -0.15) is 23.3 Å². The lowest BCUT2D eigenvalue weighted by Gasteiger charge is -2.11. The number of benzene rings is 3. The number of hydrazone groups is 1. The largest absolute Gasteiger partial charge is 0.489 e. The van der Waals surface area contributed by atoms with Gasteiger partial charge in [0.25, 0.3) is 5.91 Å². The van der Waals surface area contributed by atoms with Gasteiger partial charge in [-0.25, -0.2) is 0 Å². The van der Waals surface area contributed by atoms with Gasteiger partial charge in [0.05, 0.1) is 11.3 Å².